The summed E-state index contributed by atoms with van der Waals surface area (Å²) < 4.78 is 4.86. The Labute approximate surface area is 242 Å². The van der Waals surface area contributed by atoms with E-state index in [2.05, 4.69) is 107 Å². The lowest BCUT2D eigenvalue weighted by Crippen LogP contribution is -2.22. The highest BCUT2D eigenvalue weighted by Crippen LogP contribution is 2.30. The van der Waals surface area contributed by atoms with E-state index in [1.54, 1.807) is 0 Å². The number of fused-ring (bicyclic) bond motifs is 6. The normalized spacial score (nSPS) is 12.0. The third-order valence-electron chi connectivity index (χ3n) is 8.22. The molecule has 0 amide bonds. The van der Waals surface area contributed by atoms with Crippen molar-refractivity contribution in [3.05, 3.63) is 84.4 Å². The maximum Gasteiger partial charge on any atom is 0.0678 e. The Balaban J connectivity index is 1.02. The second kappa shape index (κ2) is 12.8. The molecule has 0 saturated heterocycles. The van der Waals surface area contributed by atoms with Crippen LogP contribution in [0.1, 0.15) is 57.3 Å². The number of aromatic nitrogens is 4. The highest BCUT2D eigenvalue weighted by atomic mass is 15.0. The van der Waals surface area contributed by atoms with E-state index in [-0.39, 0.29) is 0 Å². The Morgan fingerprint density at radius 3 is 1.49 bits per heavy atom. The number of benzene rings is 2. The van der Waals surface area contributed by atoms with Crippen LogP contribution in [0.3, 0.4) is 0 Å². The molecular weight excluding hydrogens is 504 g/mol. The standard InChI is InChI=1S/C35H42N6/c1-3-5-18-40-32-14-9-7-12-28(32)30-20-26(38-24-34(30)40)22-36-16-11-17-37-23-27-21-31-29-13-8-10-15-33(29)41(19-6-4-2)35(31)25-39-27/h7-10,12-15,20-21,24-25,36-37H,3-6,11,16-19,22-23H2,1-2H3. The van der Waals surface area contributed by atoms with Crippen molar-refractivity contribution in [3.8, 4) is 0 Å². The van der Waals surface area contributed by atoms with Gasteiger partial charge in [-0.25, -0.2) is 0 Å². The first-order valence-electron chi connectivity index (χ1n) is 15.4. The van der Waals surface area contributed by atoms with Gasteiger partial charge in [0.1, 0.15) is 0 Å². The summed E-state index contributed by atoms with van der Waals surface area (Å²) >= 11 is 0. The third-order valence-corrected chi connectivity index (χ3v) is 8.22. The monoisotopic (exact) mass is 546 g/mol. The minimum Gasteiger partial charge on any atom is -0.339 e. The maximum absolute atomic E-state index is 4.80. The van der Waals surface area contributed by atoms with Crippen LogP contribution in [0.2, 0.25) is 0 Å². The van der Waals surface area contributed by atoms with Crippen LogP contribution < -0.4 is 10.6 Å². The number of hydrogen-bond acceptors (Lipinski definition) is 4. The lowest BCUT2D eigenvalue weighted by Gasteiger charge is -2.08. The first kappa shape index (κ1) is 27.4. The molecule has 6 aromatic rings. The van der Waals surface area contributed by atoms with Crippen molar-refractivity contribution in [2.45, 2.75) is 72.1 Å². The van der Waals surface area contributed by atoms with Gasteiger partial charge in [0.2, 0.25) is 0 Å². The fraction of sp³-hybridized carbons (Fsp3) is 0.371. The Morgan fingerprint density at radius 1 is 0.561 bits per heavy atom. The van der Waals surface area contributed by atoms with Crippen LogP contribution in [0.25, 0.3) is 43.6 Å². The molecule has 6 nitrogen and oxygen atoms in total. The van der Waals surface area contributed by atoms with Gasteiger partial charge < -0.3 is 19.8 Å². The van der Waals surface area contributed by atoms with E-state index in [0.29, 0.717) is 0 Å². The highest BCUT2D eigenvalue weighted by molar-refractivity contribution is 6.08. The average Bonchev–Trinajstić information content (AvgIpc) is 3.50. The van der Waals surface area contributed by atoms with Crippen molar-refractivity contribution in [1.82, 2.24) is 29.7 Å². The van der Waals surface area contributed by atoms with Crippen LogP contribution in [-0.4, -0.2) is 32.2 Å². The molecule has 0 aliphatic rings. The minimum absolute atomic E-state index is 0.782. The Hall–Kier alpha value is -3.74. The van der Waals surface area contributed by atoms with Crippen molar-refractivity contribution < 1.29 is 0 Å². The summed E-state index contributed by atoms with van der Waals surface area (Å²) in [6, 6.07) is 22.0. The van der Waals surface area contributed by atoms with Gasteiger partial charge in [-0.15, -0.1) is 0 Å². The van der Waals surface area contributed by atoms with Gasteiger partial charge in [-0.1, -0.05) is 63.1 Å². The van der Waals surface area contributed by atoms with Gasteiger partial charge in [0, 0.05) is 58.8 Å². The van der Waals surface area contributed by atoms with E-state index < -0.39 is 0 Å². The van der Waals surface area contributed by atoms with Gasteiger partial charge >= 0.3 is 0 Å². The zero-order valence-electron chi connectivity index (χ0n) is 24.5. The zero-order valence-corrected chi connectivity index (χ0v) is 24.5. The molecule has 2 N–H and O–H groups in total. The summed E-state index contributed by atoms with van der Waals surface area (Å²) in [5.74, 6) is 0. The number of unbranched alkanes of at least 4 members (excludes halogenated alkanes) is 2. The summed E-state index contributed by atoms with van der Waals surface area (Å²) in [4.78, 5) is 9.60. The molecule has 0 saturated carbocycles. The molecule has 0 unspecified atom stereocenters. The van der Waals surface area contributed by atoms with Gasteiger partial charge in [0.25, 0.3) is 0 Å². The van der Waals surface area contributed by atoms with Crippen LogP contribution in [0.5, 0.6) is 0 Å². The van der Waals surface area contributed by atoms with E-state index in [9.17, 15) is 0 Å². The first-order valence-corrected chi connectivity index (χ1v) is 15.4. The van der Waals surface area contributed by atoms with Crippen molar-refractivity contribution in [2.75, 3.05) is 13.1 Å². The Kier molecular flexibility index (Phi) is 8.59. The van der Waals surface area contributed by atoms with Crippen LogP contribution in [0, 0.1) is 0 Å². The molecule has 4 aromatic heterocycles. The lowest BCUT2D eigenvalue weighted by molar-refractivity contribution is 0.588. The largest absolute Gasteiger partial charge is 0.339 e. The molecule has 212 valence electrons. The van der Waals surface area contributed by atoms with Crippen molar-refractivity contribution in [3.63, 3.8) is 0 Å². The van der Waals surface area contributed by atoms with E-state index in [1.165, 1.54) is 69.3 Å². The predicted octanol–water partition coefficient (Wildman–Crippen LogP) is 7.56. The van der Waals surface area contributed by atoms with Crippen LogP contribution in [0.4, 0.5) is 0 Å². The third kappa shape index (κ3) is 5.72. The molecule has 0 aliphatic carbocycles. The number of aryl methyl sites for hydroxylation is 2. The minimum atomic E-state index is 0.782. The molecule has 0 radical (unpaired) electrons. The molecule has 4 heterocycles. The van der Waals surface area contributed by atoms with Crippen LogP contribution in [-0.2, 0) is 26.2 Å². The molecule has 0 spiro atoms. The molecule has 0 bridgehead atoms. The summed E-state index contributed by atoms with van der Waals surface area (Å²) in [5.41, 5.74) is 7.29. The smallest absolute Gasteiger partial charge is 0.0678 e. The topological polar surface area (TPSA) is 59.7 Å². The molecule has 41 heavy (non-hydrogen) atoms. The SMILES string of the molecule is CCCCn1c2ccccc2c2cc(CNCCCNCc3cc4c5ccccc5n(CCCC)c4cn3)ncc21. The summed E-state index contributed by atoms with van der Waals surface area (Å²) in [5, 5.41) is 12.4. The number of nitrogens with one attached hydrogen (secondary N) is 2. The molecule has 0 atom stereocenters. The molecule has 0 fully saturated rings. The zero-order chi connectivity index (χ0) is 28.0. The van der Waals surface area contributed by atoms with Crippen molar-refractivity contribution in [2.24, 2.45) is 0 Å². The van der Waals surface area contributed by atoms with Crippen LogP contribution in [0.15, 0.2) is 73.1 Å². The number of nitrogens with zero attached hydrogens (tertiary/aromatic N) is 4. The Bertz CT molecular complexity index is 1630. The van der Waals surface area contributed by atoms with Gasteiger partial charge in [-0.05, 0) is 56.6 Å². The number of para-hydroxylation sites is 2. The molecular formula is C35H42N6. The molecule has 2 aromatic carbocycles. The van der Waals surface area contributed by atoms with Crippen LogP contribution >= 0.6 is 0 Å². The average molecular weight is 547 g/mol. The van der Waals surface area contributed by atoms with E-state index in [4.69, 9.17) is 9.97 Å². The quantitative estimate of drug-likeness (QED) is 0.138. The van der Waals surface area contributed by atoms with E-state index in [1.807, 2.05) is 0 Å². The van der Waals surface area contributed by atoms with Crippen molar-refractivity contribution in [1.29, 1.82) is 0 Å². The first-order chi connectivity index (χ1) is 20.3. The fourth-order valence-corrected chi connectivity index (χ4v) is 6.06. The highest BCUT2D eigenvalue weighted by Gasteiger charge is 2.12. The number of hydrogen-bond donors (Lipinski definition) is 2. The fourth-order valence-electron chi connectivity index (χ4n) is 6.06. The summed E-state index contributed by atoms with van der Waals surface area (Å²) in [6.07, 6.45) is 9.92. The van der Waals surface area contributed by atoms with Gasteiger partial charge in [0.15, 0.2) is 0 Å². The van der Waals surface area contributed by atoms with E-state index in [0.717, 1.165) is 57.1 Å². The summed E-state index contributed by atoms with van der Waals surface area (Å²) in [7, 11) is 0. The van der Waals surface area contributed by atoms with Gasteiger partial charge in [-0.2, -0.15) is 0 Å². The van der Waals surface area contributed by atoms with E-state index >= 15 is 0 Å². The van der Waals surface area contributed by atoms with Gasteiger partial charge in [-0.3, -0.25) is 9.97 Å². The lowest BCUT2D eigenvalue weighted by atomic mass is 10.1. The maximum atomic E-state index is 4.80. The summed E-state index contributed by atoms with van der Waals surface area (Å²) in [6.45, 7) is 10.0. The second-order valence-electron chi connectivity index (χ2n) is 11.1. The Morgan fingerprint density at radius 2 is 1.02 bits per heavy atom. The molecule has 6 heteroatoms. The number of rotatable bonds is 14. The predicted molar refractivity (Wildman–Crippen MR) is 172 cm³/mol. The molecule has 0 aliphatic heterocycles. The number of pyridine rings is 2. The molecule has 6 rings (SSSR count). The van der Waals surface area contributed by atoms with Gasteiger partial charge in [0.05, 0.1) is 34.8 Å². The second-order valence-corrected chi connectivity index (χ2v) is 11.1. The van der Waals surface area contributed by atoms with Crippen molar-refractivity contribution >= 4 is 43.6 Å².